The van der Waals surface area contributed by atoms with Crippen LogP contribution in [0.5, 0.6) is 0 Å². The summed E-state index contributed by atoms with van der Waals surface area (Å²) in [7, 11) is 0. The zero-order valence-electron chi connectivity index (χ0n) is 7.00. The Hall–Kier alpha value is -1.44. The Kier molecular flexibility index (Phi) is 2.96. The van der Waals surface area contributed by atoms with Crippen LogP contribution in [0.25, 0.3) is 0 Å². The summed E-state index contributed by atoms with van der Waals surface area (Å²) in [5.41, 5.74) is 11.7. The quantitative estimate of drug-likeness (QED) is 0.700. The number of halogens is 1. The van der Waals surface area contributed by atoms with Crippen molar-refractivity contribution < 1.29 is 4.39 Å². The highest BCUT2D eigenvalue weighted by atomic mass is 19.1. The van der Waals surface area contributed by atoms with Gasteiger partial charge in [-0.15, -0.1) is 0 Å². The van der Waals surface area contributed by atoms with Crippen molar-refractivity contribution in [3.8, 4) is 6.07 Å². The second-order valence-electron chi connectivity index (χ2n) is 2.73. The molecule has 1 rings (SSSR count). The fourth-order valence-electron chi connectivity index (χ4n) is 1.03. The smallest absolute Gasteiger partial charge is 0.124 e. The third-order valence-corrected chi connectivity index (χ3v) is 1.73. The van der Waals surface area contributed by atoms with Gasteiger partial charge in [-0.1, -0.05) is 0 Å². The summed E-state index contributed by atoms with van der Waals surface area (Å²) in [6.45, 7) is 0.230. The Morgan fingerprint density at radius 2 is 2.15 bits per heavy atom. The topological polar surface area (TPSA) is 75.8 Å². The van der Waals surface area contributed by atoms with Crippen LogP contribution in [0, 0.1) is 17.1 Å². The van der Waals surface area contributed by atoms with E-state index in [-0.39, 0.29) is 12.1 Å². The average molecular weight is 179 g/mol. The summed E-state index contributed by atoms with van der Waals surface area (Å²) in [5.74, 6) is -0.460. The third-order valence-electron chi connectivity index (χ3n) is 1.73. The van der Waals surface area contributed by atoms with Gasteiger partial charge in [0.1, 0.15) is 5.82 Å². The Morgan fingerprint density at radius 1 is 1.46 bits per heavy atom. The van der Waals surface area contributed by atoms with Gasteiger partial charge in [0.15, 0.2) is 0 Å². The minimum Gasteiger partial charge on any atom is -0.329 e. The van der Waals surface area contributed by atoms with Crippen LogP contribution >= 0.6 is 0 Å². The molecule has 0 spiro atoms. The fraction of sp³-hybridized carbons (Fsp3) is 0.222. The maximum absolute atomic E-state index is 12.9. The molecule has 0 fully saturated rings. The molecule has 3 nitrogen and oxygen atoms in total. The summed E-state index contributed by atoms with van der Waals surface area (Å²) in [6, 6.07) is 5.43. The average Bonchev–Trinajstić information content (AvgIpc) is 2.15. The zero-order chi connectivity index (χ0) is 9.84. The minimum atomic E-state index is -0.460. The van der Waals surface area contributed by atoms with Crippen LogP contribution in [0.1, 0.15) is 17.2 Å². The highest BCUT2D eigenvalue weighted by molar-refractivity contribution is 5.35. The van der Waals surface area contributed by atoms with E-state index in [1.54, 1.807) is 6.07 Å². The summed E-state index contributed by atoms with van der Waals surface area (Å²) in [5, 5.41) is 8.55. The van der Waals surface area contributed by atoms with Gasteiger partial charge in [0.25, 0.3) is 0 Å². The van der Waals surface area contributed by atoms with Crippen LogP contribution in [0.3, 0.4) is 0 Å². The Labute approximate surface area is 75.8 Å². The van der Waals surface area contributed by atoms with E-state index in [9.17, 15) is 4.39 Å². The van der Waals surface area contributed by atoms with Crippen molar-refractivity contribution in [1.29, 1.82) is 5.26 Å². The van der Waals surface area contributed by atoms with Gasteiger partial charge in [0, 0.05) is 12.6 Å². The third kappa shape index (κ3) is 2.25. The van der Waals surface area contributed by atoms with Gasteiger partial charge < -0.3 is 11.5 Å². The summed E-state index contributed by atoms with van der Waals surface area (Å²) >= 11 is 0. The zero-order valence-corrected chi connectivity index (χ0v) is 7.00. The SMILES string of the molecule is N#Cc1cc(F)cc([C@@H](N)CN)c1. The molecule has 0 bridgehead atoms. The van der Waals surface area contributed by atoms with Crippen LogP contribution < -0.4 is 11.5 Å². The van der Waals surface area contributed by atoms with E-state index >= 15 is 0 Å². The first-order valence-corrected chi connectivity index (χ1v) is 3.83. The van der Waals surface area contributed by atoms with E-state index in [4.69, 9.17) is 16.7 Å². The largest absolute Gasteiger partial charge is 0.329 e. The highest BCUT2D eigenvalue weighted by Gasteiger charge is 2.06. The fourth-order valence-corrected chi connectivity index (χ4v) is 1.03. The molecule has 0 saturated heterocycles. The second-order valence-corrected chi connectivity index (χ2v) is 2.73. The molecule has 0 heterocycles. The number of nitriles is 1. The molecular formula is C9H10FN3. The van der Waals surface area contributed by atoms with Crippen LogP contribution in [0.15, 0.2) is 18.2 Å². The lowest BCUT2D eigenvalue weighted by Gasteiger charge is -2.08. The van der Waals surface area contributed by atoms with E-state index in [1.807, 2.05) is 6.07 Å². The minimum absolute atomic E-state index is 0.230. The number of nitrogens with zero attached hydrogens (tertiary/aromatic N) is 1. The molecule has 0 aliphatic rings. The number of rotatable bonds is 2. The van der Waals surface area contributed by atoms with Crippen molar-refractivity contribution in [2.75, 3.05) is 6.54 Å². The van der Waals surface area contributed by atoms with Gasteiger partial charge in [-0.05, 0) is 23.8 Å². The molecule has 0 unspecified atom stereocenters. The molecule has 4 N–H and O–H groups in total. The van der Waals surface area contributed by atoms with E-state index in [2.05, 4.69) is 0 Å². The first kappa shape index (κ1) is 9.65. The van der Waals surface area contributed by atoms with Gasteiger partial charge in [0.05, 0.1) is 11.6 Å². The Bertz CT molecular complexity index is 343. The van der Waals surface area contributed by atoms with Crippen molar-refractivity contribution in [2.45, 2.75) is 6.04 Å². The lowest BCUT2D eigenvalue weighted by atomic mass is 10.1. The Balaban J connectivity index is 3.10. The van der Waals surface area contributed by atoms with Crippen molar-refractivity contribution >= 4 is 0 Å². The lowest BCUT2D eigenvalue weighted by Crippen LogP contribution is -2.20. The van der Waals surface area contributed by atoms with Crippen LogP contribution in [-0.4, -0.2) is 6.54 Å². The predicted octanol–water partition coefficient (Wildman–Crippen LogP) is 0.656. The van der Waals surface area contributed by atoms with Crippen molar-refractivity contribution in [2.24, 2.45) is 11.5 Å². The molecule has 0 aliphatic heterocycles. The van der Waals surface area contributed by atoms with Crippen LogP contribution in [0.2, 0.25) is 0 Å². The molecule has 1 atom stereocenters. The molecule has 0 radical (unpaired) electrons. The summed E-state index contributed by atoms with van der Waals surface area (Å²) in [4.78, 5) is 0. The molecule has 0 saturated carbocycles. The van der Waals surface area contributed by atoms with Gasteiger partial charge in [-0.25, -0.2) is 4.39 Å². The first-order valence-electron chi connectivity index (χ1n) is 3.83. The normalized spacial score (nSPS) is 12.2. The second kappa shape index (κ2) is 3.99. The number of nitrogens with two attached hydrogens (primary N) is 2. The van der Waals surface area contributed by atoms with E-state index in [1.165, 1.54) is 6.07 Å². The molecule has 1 aromatic carbocycles. The van der Waals surface area contributed by atoms with Crippen LogP contribution in [-0.2, 0) is 0 Å². The van der Waals surface area contributed by atoms with Crippen molar-refractivity contribution in [1.82, 2.24) is 0 Å². The van der Waals surface area contributed by atoms with Gasteiger partial charge in [-0.3, -0.25) is 0 Å². The number of hydrogen-bond donors (Lipinski definition) is 2. The van der Waals surface area contributed by atoms with Gasteiger partial charge in [0.2, 0.25) is 0 Å². The van der Waals surface area contributed by atoms with Gasteiger partial charge in [-0.2, -0.15) is 5.26 Å². The molecule has 0 aliphatic carbocycles. The lowest BCUT2D eigenvalue weighted by molar-refractivity contribution is 0.619. The predicted molar refractivity (Wildman–Crippen MR) is 47.1 cm³/mol. The molecule has 68 valence electrons. The maximum Gasteiger partial charge on any atom is 0.124 e. The molecule has 4 heteroatoms. The molecule has 0 amide bonds. The summed E-state index contributed by atoms with van der Waals surface area (Å²) in [6.07, 6.45) is 0. The molecular weight excluding hydrogens is 169 g/mol. The van der Waals surface area contributed by atoms with Crippen molar-refractivity contribution in [3.63, 3.8) is 0 Å². The first-order chi connectivity index (χ1) is 6.17. The molecule has 0 aromatic heterocycles. The Morgan fingerprint density at radius 3 is 2.69 bits per heavy atom. The van der Waals surface area contributed by atoms with E-state index in [0.29, 0.717) is 5.56 Å². The standard InChI is InChI=1S/C9H10FN3/c10-8-2-6(4-11)1-7(3-8)9(13)5-12/h1-3,9H,5,12-13H2/t9-/m0/s1. The number of benzene rings is 1. The number of hydrogen-bond acceptors (Lipinski definition) is 3. The summed E-state index contributed by atoms with van der Waals surface area (Å²) < 4.78 is 12.9. The van der Waals surface area contributed by atoms with Gasteiger partial charge >= 0.3 is 0 Å². The molecule has 1 aromatic rings. The highest BCUT2D eigenvalue weighted by Crippen LogP contribution is 2.13. The van der Waals surface area contributed by atoms with E-state index in [0.717, 1.165) is 6.07 Å². The van der Waals surface area contributed by atoms with E-state index < -0.39 is 11.9 Å². The van der Waals surface area contributed by atoms with Crippen LogP contribution in [0.4, 0.5) is 4.39 Å². The van der Waals surface area contributed by atoms with Crippen molar-refractivity contribution in [3.05, 3.63) is 35.1 Å². The maximum atomic E-state index is 12.9. The molecule has 13 heavy (non-hydrogen) atoms. The monoisotopic (exact) mass is 179 g/mol.